The van der Waals surface area contributed by atoms with Gasteiger partial charge in [-0.15, -0.1) is 0 Å². The fourth-order valence-electron chi connectivity index (χ4n) is 3.18. The van der Waals surface area contributed by atoms with Gasteiger partial charge in [-0.25, -0.2) is 8.78 Å². The van der Waals surface area contributed by atoms with E-state index in [1.54, 1.807) is 49.6 Å². The summed E-state index contributed by atoms with van der Waals surface area (Å²) >= 11 is 0. The molecule has 4 nitrogen and oxygen atoms in total. The summed E-state index contributed by atoms with van der Waals surface area (Å²) in [5.41, 5.74) is 2.19. The molecule has 6 heteroatoms. The van der Waals surface area contributed by atoms with Crippen LogP contribution in [0.3, 0.4) is 0 Å². The molecule has 1 N–H and O–H groups in total. The van der Waals surface area contributed by atoms with Crippen molar-refractivity contribution in [2.24, 2.45) is 0 Å². The SMILES string of the molecule is COc1ccc(N2C(=O)c3ccccc3N[C@@H]2c2ccc(F)c(F)c2)cc1. The molecule has 1 atom stereocenters. The molecule has 136 valence electrons. The first-order valence-electron chi connectivity index (χ1n) is 8.36. The smallest absolute Gasteiger partial charge is 0.262 e. The minimum Gasteiger partial charge on any atom is -0.497 e. The lowest BCUT2D eigenvalue weighted by Gasteiger charge is -2.38. The van der Waals surface area contributed by atoms with Crippen LogP contribution in [-0.4, -0.2) is 13.0 Å². The number of rotatable bonds is 3. The molecule has 27 heavy (non-hydrogen) atoms. The number of benzene rings is 3. The second-order valence-corrected chi connectivity index (χ2v) is 6.14. The van der Waals surface area contributed by atoms with Gasteiger partial charge in [0.1, 0.15) is 11.9 Å². The number of nitrogens with zero attached hydrogens (tertiary/aromatic N) is 1. The van der Waals surface area contributed by atoms with E-state index in [9.17, 15) is 13.6 Å². The van der Waals surface area contributed by atoms with E-state index in [1.165, 1.54) is 11.0 Å². The zero-order chi connectivity index (χ0) is 19.0. The minimum atomic E-state index is -0.963. The predicted molar refractivity (Wildman–Crippen MR) is 99.0 cm³/mol. The minimum absolute atomic E-state index is 0.232. The van der Waals surface area contributed by atoms with Gasteiger partial charge >= 0.3 is 0 Å². The third-order valence-corrected chi connectivity index (χ3v) is 4.54. The van der Waals surface area contributed by atoms with Crippen LogP contribution in [0, 0.1) is 11.6 Å². The molecular formula is C21H16F2N2O2. The molecule has 0 fully saturated rings. The molecule has 0 bridgehead atoms. The van der Waals surface area contributed by atoms with Crippen molar-refractivity contribution in [1.29, 1.82) is 0 Å². The maximum atomic E-state index is 13.8. The number of anilines is 2. The average Bonchev–Trinajstić information content (AvgIpc) is 2.70. The molecule has 0 spiro atoms. The maximum absolute atomic E-state index is 13.8. The van der Waals surface area contributed by atoms with Crippen molar-refractivity contribution in [3.63, 3.8) is 0 Å². The van der Waals surface area contributed by atoms with Crippen LogP contribution < -0.4 is 15.0 Å². The summed E-state index contributed by atoms with van der Waals surface area (Å²) in [4.78, 5) is 14.7. The standard InChI is InChI=1S/C21H16F2N2O2/c1-27-15-9-7-14(8-10-15)25-20(13-6-11-17(22)18(23)12-13)24-19-5-3-2-4-16(19)21(25)26/h2-12,20,24H,1H3/t20-/m0/s1. The van der Waals surface area contributed by atoms with Crippen LogP contribution in [0.15, 0.2) is 66.7 Å². The highest BCUT2D eigenvalue weighted by Gasteiger charge is 2.34. The summed E-state index contributed by atoms with van der Waals surface area (Å²) in [6.45, 7) is 0. The number of nitrogens with one attached hydrogen (secondary N) is 1. The van der Waals surface area contributed by atoms with Gasteiger partial charge in [-0.2, -0.15) is 0 Å². The fraction of sp³-hybridized carbons (Fsp3) is 0.0952. The molecule has 0 unspecified atom stereocenters. The number of carbonyl (C=O) groups is 1. The summed E-state index contributed by atoms with van der Waals surface area (Å²) < 4.78 is 32.4. The molecule has 1 heterocycles. The summed E-state index contributed by atoms with van der Waals surface area (Å²) in [5, 5.41) is 3.25. The fourth-order valence-corrected chi connectivity index (χ4v) is 3.18. The number of carbonyl (C=O) groups excluding carboxylic acids is 1. The lowest BCUT2D eigenvalue weighted by Crippen LogP contribution is -2.43. The molecule has 0 radical (unpaired) electrons. The van der Waals surface area contributed by atoms with Crippen LogP contribution in [0.2, 0.25) is 0 Å². The van der Waals surface area contributed by atoms with E-state index < -0.39 is 17.8 Å². The Labute approximate surface area is 155 Å². The van der Waals surface area contributed by atoms with Crippen LogP contribution in [0.25, 0.3) is 0 Å². The van der Waals surface area contributed by atoms with Crippen molar-refractivity contribution < 1.29 is 18.3 Å². The summed E-state index contributed by atoms with van der Waals surface area (Å²) in [6, 6.07) is 17.7. The Morgan fingerprint density at radius 3 is 2.41 bits per heavy atom. The number of hydrogen-bond acceptors (Lipinski definition) is 3. The average molecular weight is 366 g/mol. The van der Waals surface area contributed by atoms with Crippen LogP contribution in [0.4, 0.5) is 20.2 Å². The summed E-state index contributed by atoms with van der Waals surface area (Å²) in [5.74, 6) is -1.47. The highest BCUT2D eigenvalue weighted by molar-refractivity contribution is 6.12. The number of methoxy groups -OCH3 is 1. The number of hydrogen-bond donors (Lipinski definition) is 1. The molecule has 0 aliphatic carbocycles. The Bertz CT molecular complexity index is 1010. The molecule has 1 aliphatic heterocycles. The Morgan fingerprint density at radius 1 is 0.963 bits per heavy atom. The number of halogens is 2. The normalized spacial score (nSPS) is 15.9. The number of para-hydroxylation sites is 1. The van der Waals surface area contributed by atoms with E-state index in [2.05, 4.69) is 5.32 Å². The number of fused-ring (bicyclic) bond motifs is 1. The van der Waals surface area contributed by atoms with Crippen LogP contribution in [0.1, 0.15) is 22.1 Å². The van der Waals surface area contributed by atoms with Crippen molar-refractivity contribution in [3.8, 4) is 5.75 Å². The first-order chi connectivity index (χ1) is 13.1. The molecule has 3 aromatic carbocycles. The Balaban J connectivity index is 1.84. The highest BCUT2D eigenvalue weighted by atomic mass is 19.2. The van der Waals surface area contributed by atoms with Crippen molar-refractivity contribution in [2.45, 2.75) is 6.17 Å². The van der Waals surface area contributed by atoms with Crippen molar-refractivity contribution >= 4 is 17.3 Å². The predicted octanol–water partition coefficient (Wildman–Crippen LogP) is 4.74. The van der Waals surface area contributed by atoms with Gasteiger partial charge in [0.05, 0.1) is 12.7 Å². The third-order valence-electron chi connectivity index (χ3n) is 4.54. The van der Waals surface area contributed by atoms with Crippen molar-refractivity contribution in [2.75, 3.05) is 17.3 Å². The van der Waals surface area contributed by atoms with Crippen LogP contribution >= 0.6 is 0 Å². The first-order valence-corrected chi connectivity index (χ1v) is 8.36. The third kappa shape index (κ3) is 2.99. The van der Waals surface area contributed by atoms with Gasteiger partial charge in [0.15, 0.2) is 11.6 Å². The maximum Gasteiger partial charge on any atom is 0.262 e. The molecule has 0 aromatic heterocycles. The molecule has 3 aromatic rings. The largest absolute Gasteiger partial charge is 0.497 e. The molecular weight excluding hydrogens is 350 g/mol. The zero-order valence-corrected chi connectivity index (χ0v) is 14.4. The van der Waals surface area contributed by atoms with E-state index in [0.717, 1.165) is 12.1 Å². The van der Waals surface area contributed by atoms with Gasteiger partial charge in [-0.3, -0.25) is 9.69 Å². The van der Waals surface area contributed by atoms with Crippen molar-refractivity contribution in [1.82, 2.24) is 0 Å². The Kier molecular flexibility index (Phi) is 4.24. The highest BCUT2D eigenvalue weighted by Crippen LogP contribution is 2.37. The van der Waals surface area contributed by atoms with E-state index in [-0.39, 0.29) is 5.91 Å². The van der Waals surface area contributed by atoms with Gasteiger partial charge in [0.2, 0.25) is 0 Å². The monoisotopic (exact) mass is 366 g/mol. The molecule has 4 rings (SSSR count). The first kappa shape index (κ1) is 17.0. The summed E-state index contributed by atoms with van der Waals surface area (Å²) in [7, 11) is 1.56. The topological polar surface area (TPSA) is 41.6 Å². The molecule has 0 saturated heterocycles. The number of ether oxygens (including phenoxy) is 1. The van der Waals surface area contributed by atoms with E-state index in [4.69, 9.17) is 4.74 Å². The molecule has 0 saturated carbocycles. The quantitative estimate of drug-likeness (QED) is 0.728. The zero-order valence-electron chi connectivity index (χ0n) is 14.4. The van der Waals surface area contributed by atoms with Crippen LogP contribution in [-0.2, 0) is 0 Å². The van der Waals surface area contributed by atoms with E-state index >= 15 is 0 Å². The molecule has 1 amide bonds. The van der Waals surface area contributed by atoms with Gasteiger partial charge in [-0.05, 0) is 54.1 Å². The summed E-state index contributed by atoms with van der Waals surface area (Å²) in [6.07, 6.45) is -0.684. The van der Waals surface area contributed by atoms with Gasteiger partial charge in [-0.1, -0.05) is 18.2 Å². The second kappa shape index (κ2) is 6.72. The van der Waals surface area contributed by atoms with Gasteiger partial charge < -0.3 is 10.1 Å². The van der Waals surface area contributed by atoms with Gasteiger partial charge in [0.25, 0.3) is 5.91 Å². The van der Waals surface area contributed by atoms with Crippen LogP contribution in [0.5, 0.6) is 5.75 Å². The second-order valence-electron chi connectivity index (χ2n) is 6.14. The Hall–Kier alpha value is -3.41. The van der Waals surface area contributed by atoms with Gasteiger partial charge in [0, 0.05) is 11.4 Å². The lowest BCUT2D eigenvalue weighted by molar-refractivity contribution is 0.0975. The van der Waals surface area contributed by atoms with E-state index in [0.29, 0.717) is 28.3 Å². The van der Waals surface area contributed by atoms with Crippen molar-refractivity contribution in [3.05, 3.63) is 89.5 Å². The van der Waals surface area contributed by atoms with E-state index in [1.807, 2.05) is 6.07 Å². The molecule has 1 aliphatic rings. The lowest BCUT2D eigenvalue weighted by atomic mass is 10.0. The number of amides is 1. The Morgan fingerprint density at radius 2 is 1.70 bits per heavy atom.